The summed E-state index contributed by atoms with van der Waals surface area (Å²) >= 11 is 0. The number of hydrogen-bond acceptors (Lipinski definition) is 3. The van der Waals surface area contributed by atoms with E-state index in [9.17, 15) is 4.79 Å². The Labute approximate surface area is 69.5 Å². The third-order valence-corrected chi connectivity index (χ3v) is 1.53. The maximum Gasteiger partial charge on any atom is 0.337 e. The molecule has 1 heterocycles. The molecule has 0 atom stereocenters. The van der Waals surface area contributed by atoms with Gasteiger partial charge in [-0.2, -0.15) is 0 Å². The molecular weight excluding hydrogens is 158 g/mol. The van der Waals surface area contributed by atoms with E-state index >= 15 is 0 Å². The van der Waals surface area contributed by atoms with Crippen molar-refractivity contribution in [3.05, 3.63) is 29.1 Å². The number of rotatable bonds is 2. The van der Waals surface area contributed by atoms with Crippen molar-refractivity contribution in [1.82, 2.24) is 4.98 Å². The van der Waals surface area contributed by atoms with Crippen LogP contribution in [0.1, 0.15) is 21.6 Å². The average Bonchev–Trinajstić information content (AvgIpc) is 2.03. The molecule has 0 saturated carbocycles. The summed E-state index contributed by atoms with van der Waals surface area (Å²) in [5.74, 6) is -1.06. The second kappa shape index (κ2) is 3.32. The Balaban J connectivity index is 3.20. The van der Waals surface area contributed by atoms with Crippen LogP contribution in [0.3, 0.4) is 0 Å². The lowest BCUT2D eigenvalue weighted by atomic mass is 10.1. The van der Waals surface area contributed by atoms with E-state index in [0.717, 1.165) is 0 Å². The molecule has 0 aliphatic rings. The van der Waals surface area contributed by atoms with Crippen LogP contribution in [0, 0.1) is 6.92 Å². The molecule has 4 nitrogen and oxygen atoms in total. The van der Waals surface area contributed by atoms with E-state index in [-0.39, 0.29) is 12.2 Å². The SMILES string of the molecule is Cc1cc(CO)c(C(=O)O)cn1. The van der Waals surface area contributed by atoms with Gasteiger partial charge >= 0.3 is 5.97 Å². The predicted octanol–water partition coefficient (Wildman–Crippen LogP) is 0.581. The lowest BCUT2D eigenvalue weighted by molar-refractivity contribution is 0.0693. The van der Waals surface area contributed by atoms with Gasteiger partial charge < -0.3 is 10.2 Å². The Morgan fingerprint density at radius 1 is 1.67 bits per heavy atom. The normalized spacial score (nSPS) is 9.83. The van der Waals surface area contributed by atoms with Crippen molar-refractivity contribution < 1.29 is 15.0 Å². The number of pyridine rings is 1. The molecule has 64 valence electrons. The fourth-order valence-electron chi connectivity index (χ4n) is 0.940. The van der Waals surface area contributed by atoms with Gasteiger partial charge in [0.15, 0.2) is 0 Å². The van der Waals surface area contributed by atoms with E-state index in [1.54, 1.807) is 13.0 Å². The first-order valence-electron chi connectivity index (χ1n) is 3.45. The Hall–Kier alpha value is -1.42. The molecule has 12 heavy (non-hydrogen) atoms. The quantitative estimate of drug-likeness (QED) is 0.675. The number of hydrogen-bond donors (Lipinski definition) is 2. The van der Waals surface area contributed by atoms with E-state index in [0.29, 0.717) is 11.3 Å². The van der Waals surface area contributed by atoms with E-state index in [1.807, 2.05) is 0 Å². The molecule has 0 aliphatic carbocycles. The van der Waals surface area contributed by atoms with Crippen LogP contribution in [-0.4, -0.2) is 21.2 Å². The van der Waals surface area contributed by atoms with Gasteiger partial charge in [-0.1, -0.05) is 0 Å². The van der Waals surface area contributed by atoms with Gasteiger partial charge in [0.25, 0.3) is 0 Å². The molecule has 0 spiro atoms. The molecule has 0 aliphatic heterocycles. The zero-order valence-electron chi connectivity index (χ0n) is 6.61. The van der Waals surface area contributed by atoms with Gasteiger partial charge in [0.05, 0.1) is 12.2 Å². The maximum atomic E-state index is 10.5. The molecule has 1 aromatic heterocycles. The fourth-order valence-corrected chi connectivity index (χ4v) is 0.940. The highest BCUT2D eigenvalue weighted by Crippen LogP contribution is 2.08. The Bertz CT molecular complexity index is 309. The van der Waals surface area contributed by atoms with Gasteiger partial charge in [0.1, 0.15) is 0 Å². The van der Waals surface area contributed by atoms with Gasteiger partial charge in [-0.25, -0.2) is 4.79 Å². The van der Waals surface area contributed by atoms with Crippen LogP contribution in [0.4, 0.5) is 0 Å². The summed E-state index contributed by atoms with van der Waals surface area (Å²) in [6.07, 6.45) is 1.25. The predicted molar refractivity (Wildman–Crippen MR) is 41.9 cm³/mol. The molecule has 0 amide bonds. The highest BCUT2D eigenvalue weighted by Gasteiger charge is 2.09. The Kier molecular flexibility index (Phi) is 2.40. The number of aliphatic hydroxyl groups excluding tert-OH is 1. The van der Waals surface area contributed by atoms with Crippen molar-refractivity contribution in [2.75, 3.05) is 0 Å². The topological polar surface area (TPSA) is 70.4 Å². The van der Waals surface area contributed by atoms with E-state index in [4.69, 9.17) is 10.2 Å². The highest BCUT2D eigenvalue weighted by molar-refractivity contribution is 5.88. The summed E-state index contributed by atoms with van der Waals surface area (Å²) in [6, 6.07) is 1.56. The van der Waals surface area contributed by atoms with Crippen molar-refractivity contribution in [3.63, 3.8) is 0 Å². The van der Waals surface area contributed by atoms with Crippen LogP contribution in [0.2, 0.25) is 0 Å². The summed E-state index contributed by atoms with van der Waals surface area (Å²) in [5.41, 5.74) is 1.15. The van der Waals surface area contributed by atoms with E-state index < -0.39 is 5.97 Å². The number of nitrogens with zero attached hydrogens (tertiary/aromatic N) is 1. The number of carbonyl (C=O) groups is 1. The summed E-state index contributed by atoms with van der Waals surface area (Å²) in [7, 11) is 0. The van der Waals surface area contributed by atoms with Crippen LogP contribution < -0.4 is 0 Å². The molecule has 1 rings (SSSR count). The zero-order chi connectivity index (χ0) is 9.14. The number of aromatic carboxylic acids is 1. The van der Waals surface area contributed by atoms with Crippen molar-refractivity contribution in [2.24, 2.45) is 0 Å². The van der Waals surface area contributed by atoms with Crippen LogP contribution in [0.25, 0.3) is 0 Å². The molecule has 0 bridgehead atoms. The minimum Gasteiger partial charge on any atom is -0.478 e. The molecule has 0 radical (unpaired) electrons. The van der Waals surface area contributed by atoms with Gasteiger partial charge in [-0.3, -0.25) is 4.98 Å². The van der Waals surface area contributed by atoms with Crippen LogP contribution in [-0.2, 0) is 6.61 Å². The van der Waals surface area contributed by atoms with Crippen LogP contribution >= 0.6 is 0 Å². The van der Waals surface area contributed by atoms with Gasteiger partial charge in [-0.05, 0) is 18.6 Å². The molecule has 0 saturated heterocycles. The molecule has 2 N–H and O–H groups in total. The van der Waals surface area contributed by atoms with Crippen LogP contribution in [0.15, 0.2) is 12.3 Å². The number of carboxylic acids is 1. The standard InChI is InChI=1S/C8H9NO3/c1-5-2-6(4-10)7(3-9-5)8(11)12/h2-3,10H,4H2,1H3,(H,11,12). The van der Waals surface area contributed by atoms with Gasteiger partial charge in [-0.15, -0.1) is 0 Å². The highest BCUT2D eigenvalue weighted by atomic mass is 16.4. The van der Waals surface area contributed by atoms with E-state index in [2.05, 4.69) is 4.98 Å². The third kappa shape index (κ3) is 1.60. The zero-order valence-corrected chi connectivity index (χ0v) is 6.61. The first kappa shape index (κ1) is 8.67. The Morgan fingerprint density at radius 3 is 2.83 bits per heavy atom. The minimum atomic E-state index is -1.06. The third-order valence-electron chi connectivity index (χ3n) is 1.53. The lowest BCUT2D eigenvalue weighted by Crippen LogP contribution is -2.04. The first-order chi connectivity index (χ1) is 5.65. The number of aliphatic hydroxyl groups is 1. The lowest BCUT2D eigenvalue weighted by Gasteiger charge is -2.02. The molecule has 0 fully saturated rings. The van der Waals surface area contributed by atoms with Crippen molar-refractivity contribution in [1.29, 1.82) is 0 Å². The number of carboxylic acid groups (broad SMARTS) is 1. The van der Waals surface area contributed by atoms with Crippen LogP contribution in [0.5, 0.6) is 0 Å². The Morgan fingerprint density at radius 2 is 2.33 bits per heavy atom. The summed E-state index contributed by atoms with van der Waals surface area (Å²) in [4.78, 5) is 14.4. The summed E-state index contributed by atoms with van der Waals surface area (Å²) in [5, 5.41) is 17.4. The van der Waals surface area contributed by atoms with Crippen molar-refractivity contribution in [2.45, 2.75) is 13.5 Å². The maximum absolute atomic E-state index is 10.5. The summed E-state index contributed by atoms with van der Waals surface area (Å²) < 4.78 is 0. The molecule has 4 heteroatoms. The smallest absolute Gasteiger partial charge is 0.337 e. The number of aromatic nitrogens is 1. The van der Waals surface area contributed by atoms with E-state index in [1.165, 1.54) is 6.20 Å². The molecule has 0 aromatic carbocycles. The molecular formula is C8H9NO3. The summed E-state index contributed by atoms with van der Waals surface area (Å²) in [6.45, 7) is 1.47. The van der Waals surface area contributed by atoms with Crippen molar-refractivity contribution in [3.8, 4) is 0 Å². The fraction of sp³-hybridized carbons (Fsp3) is 0.250. The minimum absolute atomic E-state index is 0.0584. The first-order valence-corrected chi connectivity index (χ1v) is 3.45. The number of aryl methyl sites for hydroxylation is 1. The largest absolute Gasteiger partial charge is 0.478 e. The molecule has 1 aromatic rings. The second-order valence-electron chi connectivity index (χ2n) is 2.45. The van der Waals surface area contributed by atoms with Gasteiger partial charge in [0.2, 0.25) is 0 Å². The average molecular weight is 167 g/mol. The van der Waals surface area contributed by atoms with Crippen molar-refractivity contribution >= 4 is 5.97 Å². The second-order valence-corrected chi connectivity index (χ2v) is 2.45. The van der Waals surface area contributed by atoms with Gasteiger partial charge in [0, 0.05) is 11.9 Å². The monoisotopic (exact) mass is 167 g/mol. The molecule has 0 unspecified atom stereocenters.